The van der Waals surface area contributed by atoms with Crippen molar-refractivity contribution in [3.8, 4) is 0 Å². The lowest BCUT2D eigenvalue weighted by atomic mass is 9.78. The minimum absolute atomic E-state index is 0.144. The Kier molecular flexibility index (Phi) is 4.66. The van der Waals surface area contributed by atoms with Crippen LogP contribution in [0.4, 0.5) is 0 Å². The molecular weight excluding hydrogens is 310 g/mol. The lowest BCUT2D eigenvalue weighted by molar-refractivity contribution is -0.139. The molecule has 0 radical (unpaired) electrons. The van der Waals surface area contributed by atoms with Crippen LogP contribution in [0, 0.1) is 0 Å². The van der Waals surface area contributed by atoms with Gasteiger partial charge >= 0.3 is 5.97 Å². The highest BCUT2D eigenvalue weighted by atomic mass is 32.1. The van der Waals surface area contributed by atoms with Crippen LogP contribution in [0.3, 0.4) is 0 Å². The van der Waals surface area contributed by atoms with E-state index in [1.807, 2.05) is 31.4 Å². The Morgan fingerprint density at radius 1 is 1.43 bits per heavy atom. The summed E-state index contributed by atoms with van der Waals surface area (Å²) in [5.74, 6) is -0.464. The fourth-order valence-corrected chi connectivity index (χ4v) is 4.11. The van der Waals surface area contributed by atoms with Gasteiger partial charge in [0.15, 0.2) is 5.78 Å². The first-order valence-corrected chi connectivity index (χ1v) is 8.96. The zero-order chi connectivity index (χ0) is 16.4. The molecule has 0 saturated carbocycles. The van der Waals surface area contributed by atoms with Crippen LogP contribution in [0.1, 0.15) is 50.3 Å². The highest BCUT2D eigenvalue weighted by Crippen LogP contribution is 2.43. The number of esters is 1. The molecule has 0 fully saturated rings. The topological polar surface area (TPSA) is 55.4 Å². The van der Waals surface area contributed by atoms with E-state index in [2.05, 4.69) is 5.32 Å². The second kappa shape index (κ2) is 6.71. The number of Topliss-reactive ketones (excluding diaryl/α,β-unsaturated/α-hetero) is 1. The van der Waals surface area contributed by atoms with Crippen molar-refractivity contribution < 1.29 is 14.3 Å². The Morgan fingerprint density at radius 3 is 2.96 bits per heavy atom. The van der Waals surface area contributed by atoms with Gasteiger partial charge in [-0.05, 0) is 37.6 Å². The fraction of sp³-hybridized carbons (Fsp3) is 0.444. The maximum atomic E-state index is 12.6. The molecule has 1 aromatic rings. The Labute approximate surface area is 140 Å². The second-order valence-electron chi connectivity index (χ2n) is 5.92. The fourth-order valence-electron chi connectivity index (χ4n) is 3.27. The van der Waals surface area contributed by atoms with Crippen molar-refractivity contribution in [3.05, 3.63) is 44.9 Å². The van der Waals surface area contributed by atoms with Crippen LogP contribution in [-0.2, 0) is 14.3 Å². The van der Waals surface area contributed by atoms with E-state index in [9.17, 15) is 9.59 Å². The van der Waals surface area contributed by atoms with Crippen LogP contribution in [0.15, 0.2) is 40.1 Å². The molecular formula is C18H21NO3S. The molecule has 0 saturated heterocycles. The molecule has 1 aliphatic heterocycles. The van der Waals surface area contributed by atoms with E-state index in [0.717, 1.165) is 41.1 Å². The quantitative estimate of drug-likeness (QED) is 0.855. The summed E-state index contributed by atoms with van der Waals surface area (Å²) >= 11 is 1.58. The average Bonchev–Trinajstić information content (AvgIpc) is 3.05. The van der Waals surface area contributed by atoms with E-state index in [-0.39, 0.29) is 17.7 Å². The molecule has 1 aromatic heterocycles. The summed E-state index contributed by atoms with van der Waals surface area (Å²) in [6.07, 6.45) is 3.06. The highest BCUT2D eigenvalue weighted by molar-refractivity contribution is 7.10. The van der Waals surface area contributed by atoms with Crippen LogP contribution < -0.4 is 5.32 Å². The summed E-state index contributed by atoms with van der Waals surface area (Å²) < 4.78 is 5.38. The van der Waals surface area contributed by atoms with Crippen LogP contribution in [0.25, 0.3) is 0 Å². The molecule has 0 bridgehead atoms. The first kappa shape index (κ1) is 16.0. The van der Waals surface area contributed by atoms with Gasteiger partial charge in [-0.3, -0.25) is 4.79 Å². The molecule has 1 aliphatic carbocycles. The van der Waals surface area contributed by atoms with Crippen molar-refractivity contribution in [3.63, 3.8) is 0 Å². The number of carbonyl (C=O) groups is 2. The van der Waals surface area contributed by atoms with Crippen LogP contribution in [0.5, 0.6) is 0 Å². The Hall–Kier alpha value is -1.88. The Bertz CT molecular complexity index is 685. The molecule has 5 heteroatoms. The molecule has 1 N–H and O–H groups in total. The number of dihydropyridines is 1. The first-order valence-electron chi connectivity index (χ1n) is 8.08. The van der Waals surface area contributed by atoms with E-state index in [1.54, 1.807) is 11.3 Å². The maximum Gasteiger partial charge on any atom is 0.336 e. The van der Waals surface area contributed by atoms with E-state index in [1.165, 1.54) is 0 Å². The van der Waals surface area contributed by atoms with Crippen molar-refractivity contribution in [2.45, 2.75) is 45.4 Å². The van der Waals surface area contributed by atoms with E-state index in [0.29, 0.717) is 18.6 Å². The summed E-state index contributed by atoms with van der Waals surface area (Å²) in [6.45, 7) is 4.26. The van der Waals surface area contributed by atoms with E-state index >= 15 is 0 Å². The SMILES string of the molecule is CCCOC(=O)C1=C(C)NC2=C(C(=O)CCC2)[C@@H]1c1cccs1. The van der Waals surface area contributed by atoms with Crippen LogP contribution in [0.2, 0.25) is 0 Å². The smallest absolute Gasteiger partial charge is 0.336 e. The van der Waals surface area contributed by atoms with E-state index in [4.69, 9.17) is 4.74 Å². The van der Waals surface area contributed by atoms with Crippen LogP contribution >= 0.6 is 11.3 Å². The minimum Gasteiger partial charge on any atom is -0.462 e. The third-order valence-electron chi connectivity index (χ3n) is 4.26. The van der Waals surface area contributed by atoms with Gasteiger partial charge < -0.3 is 10.1 Å². The number of allylic oxidation sites excluding steroid dienone is 3. The molecule has 3 rings (SSSR count). The average molecular weight is 331 g/mol. The number of rotatable bonds is 4. The van der Waals surface area contributed by atoms with Gasteiger partial charge in [-0.2, -0.15) is 0 Å². The number of thiophene rings is 1. The van der Waals surface area contributed by atoms with Gasteiger partial charge in [0.25, 0.3) is 0 Å². The number of carbonyl (C=O) groups excluding carboxylic acids is 2. The van der Waals surface area contributed by atoms with Crippen molar-refractivity contribution in [2.75, 3.05) is 6.61 Å². The molecule has 23 heavy (non-hydrogen) atoms. The number of nitrogens with one attached hydrogen (secondary N) is 1. The predicted molar refractivity (Wildman–Crippen MR) is 90.0 cm³/mol. The minimum atomic E-state index is -0.319. The van der Waals surface area contributed by atoms with Gasteiger partial charge in [0, 0.05) is 28.3 Å². The lowest BCUT2D eigenvalue weighted by Crippen LogP contribution is -2.34. The number of hydrogen-bond donors (Lipinski definition) is 1. The molecule has 2 heterocycles. The van der Waals surface area contributed by atoms with Crippen molar-refractivity contribution in [1.29, 1.82) is 0 Å². The van der Waals surface area contributed by atoms with Crippen molar-refractivity contribution >= 4 is 23.1 Å². The molecule has 0 unspecified atom stereocenters. The van der Waals surface area contributed by atoms with Gasteiger partial charge in [0.1, 0.15) is 0 Å². The largest absolute Gasteiger partial charge is 0.462 e. The van der Waals surface area contributed by atoms with Gasteiger partial charge in [-0.25, -0.2) is 4.79 Å². The van der Waals surface area contributed by atoms with Gasteiger partial charge in [0.2, 0.25) is 0 Å². The third kappa shape index (κ3) is 2.98. The first-order chi connectivity index (χ1) is 11.1. The summed E-state index contributed by atoms with van der Waals surface area (Å²) in [5, 5.41) is 5.27. The van der Waals surface area contributed by atoms with Crippen molar-refractivity contribution in [2.24, 2.45) is 0 Å². The molecule has 2 aliphatic rings. The zero-order valence-electron chi connectivity index (χ0n) is 13.5. The Morgan fingerprint density at radius 2 is 2.26 bits per heavy atom. The van der Waals surface area contributed by atoms with Gasteiger partial charge in [0.05, 0.1) is 18.1 Å². The number of hydrogen-bond acceptors (Lipinski definition) is 5. The Balaban J connectivity index is 2.06. The maximum absolute atomic E-state index is 12.6. The summed E-state index contributed by atoms with van der Waals surface area (Å²) in [6, 6.07) is 3.95. The predicted octanol–water partition coefficient (Wildman–Crippen LogP) is 3.67. The van der Waals surface area contributed by atoms with E-state index < -0.39 is 0 Å². The zero-order valence-corrected chi connectivity index (χ0v) is 14.3. The molecule has 4 nitrogen and oxygen atoms in total. The van der Waals surface area contributed by atoms with Crippen molar-refractivity contribution in [1.82, 2.24) is 5.32 Å². The third-order valence-corrected chi connectivity index (χ3v) is 5.20. The normalized spacial score (nSPS) is 21.1. The molecule has 122 valence electrons. The molecule has 0 aromatic carbocycles. The van der Waals surface area contributed by atoms with Crippen LogP contribution in [-0.4, -0.2) is 18.4 Å². The van der Waals surface area contributed by atoms with Gasteiger partial charge in [-0.1, -0.05) is 13.0 Å². The molecule has 1 atom stereocenters. The molecule has 0 amide bonds. The second-order valence-corrected chi connectivity index (χ2v) is 6.90. The van der Waals surface area contributed by atoms with Gasteiger partial charge in [-0.15, -0.1) is 11.3 Å². The highest BCUT2D eigenvalue weighted by Gasteiger charge is 2.39. The lowest BCUT2D eigenvalue weighted by Gasteiger charge is -2.33. The molecule has 0 spiro atoms. The summed E-state index contributed by atoms with van der Waals surface area (Å²) in [7, 11) is 0. The standard InChI is InChI=1S/C18H21NO3S/c1-3-9-22-18(21)15-11(2)19-12-6-4-7-13(20)16(12)17(15)14-8-5-10-23-14/h5,8,10,17,19H,3-4,6-7,9H2,1-2H3/t17-/m1/s1. The summed E-state index contributed by atoms with van der Waals surface area (Å²) in [4.78, 5) is 26.2. The number of ether oxygens (including phenoxy) is 1. The summed E-state index contributed by atoms with van der Waals surface area (Å²) in [5.41, 5.74) is 3.12. The monoisotopic (exact) mass is 331 g/mol. The number of ketones is 1.